The van der Waals surface area contributed by atoms with Crippen LogP contribution < -0.4 is 10.9 Å². The Bertz CT molecular complexity index is 874. The van der Waals surface area contributed by atoms with Gasteiger partial charge in [-0.25, -0.2) is 4.98 Å². The molecule has 22 heavy (non-hydrogen) atoms. The van der Waals surface area contributed by atoms with Crippen molar-refractivity contribution < 1.29 is 4.79 Å². The van der Waals surface area contributed by atoms with E-state index in [9.17, 15) is 9.59 Å². The van der Waals surface area contributed by atoms with Gasteiger partial charge in [0, 0.05) is 10.2 Å². The van der Waals surface area contributed by atoms with Crippen LogP contribution in [-0.4, -0.2) is 21.6 Å². The van der Waals surface area contributed by atoms with Crippen molar-refractivity contribution in [2.75, 3.05) is 11.1 Å². The molecule has 0 fully saturated rings. The lowest BCUT2D eigenvalue weighted by Crippen LogP contribution is -2.15. The summed E-state index contributed by atoms with van der Waals surface area (Å²) in [6.45, 7) is 0. The van der Waals surface area contributed by atoms with Gasteiger partial charge in [-0.15, -0.1) is 11.3 Å². The molecule has 3 rings (SSSR count). The summed E-state index contributed by atoms with van der Waals surface area (Å²) in [6.07, 6.45) is 0. The van der Waals surface area contributed by atoms with E-state index in [0.717, 1.165) is 10.2 Å². The number of carbonyl (C=O) groups is 1. The summed E-state index contributed by atoms with van der Waals surface area (Å²) >= 11 is 5.89. The number of thiophene rings is 1. The number of hydrogen-bond acceptors (Lipinski definition) is 5. The van der Waals surface area contributed by atoms with Crippen molar-refractivity contribution in [2.45, 2.75) is 5.16 Å². The number of hydrogen-bond donors (Lipinski definition) is 2. The van der Waals surface area contributed by atoms with Crippen LogP contribution in [0.25, 0.3) is 10.2 Å². The van der Waals surface area contributed by atoms with Crippen LogP contribution in [0.1, 0.15) is 0 Å². The highest BCUT2D eigenvalue weighted by Crippen LogP contribution is 2.19. The molecule has 0 aliphatic carbocycles. The van der Waals surface area contributed by atoms with Crippen LogP contribution in [-0.2, 0) is 4.79 Å². The molecule has 0 bridgehead atoms. The van der Waals surface area contributed by atoms with E-state index in [4.69, 9.17) is 0 Å². The van der Waals surface area contributed by atoms with Gasteiger partial charge in [-0.1, -0.05) is 27.7 Å². The summed E-state index contributed by atoms with van der Waals surface area (Å²) in [6, 6.07) is 9.12. The second-order valence-corrected chi connectivity index (χ2v) is 7.15. The maximum atomic E-state index is 11.9. The molecule has 1 amide bonds. The van der Waals surface area contributed by atoms with Gasteiger partial charge in [-0.2, -0.15) is 0 Å². The fourth-order valence-electron chi connectivity index (χ4n) is 1.78. The fourth-order valence-corrected chi connectivity index (χ4v) is 3.44. The smallest absolute Gasteiger partial charge is 0.269 e. The standard InChI is InChI=1S/C14H10BrN3O2S2/c15-8-1-3-9(4-2-8)16-11(19)7-22-14-17-10-5-6-21-12(10)13(20)18-14/h1-6H,7H2,(H,16,19)(H,17,18,20). The number of nitrogens with zero attached hydrogens (tertiary/aromatic N) is 1. The minimum Gasteiger partial charge on any atom is -0.325 e. The molecule has 0 aliphatic heterocycles. The summed E-state index contributed by atoms with van der Waals surface area (Å²) in [5.41, 5.74) is 1.21. The molecule has 0 spiro atoms. The Morgan fingerprint density at radius 2 is 2.09 bits per heavy atom. The predicted octanol–water partition coefficient (Wildman–Crippen LogP) is 3.48. The quantitative estimate of drug-likeness (QED) is 0.523. The number of thioether (sulfide) groups is 1. The van der Waals surface area contributed by atoms with E-state index in [0.29, 0.717) is 15.4 Å². The van der Waals surface area contributed by atoms with Crippen molar-refractivity contribution in [3.8, 4) is 0 Å². The third kappa shape index (κ3) is 3.57. The summed E-state index contributed by atoms with van der Waals surface area (Å²) in [4.78, 5) is 30.7. The Morgan fingerprint density at radius 3 is 2.86 bits per heavy atom. The Balaban J connectivity index is 1.64. The van der Waals surface area contributed by atoms with Crippen molar-refractivity contribution >= 4 is 60.8 Å². The number of rotatable bonds is 4. The van der Waals surface area contributed by atoms with Crippen LogP contribution in [0.4, 0.5) is 5.69 Å². The number of amides is 1. The fraction of sp³-hybridized carbons (Fsp3) is 0.0714. The van der Waals surface area contributed by atoms with E-state index in [1.807, 2.05) is 29.6 Å². The van der Waals surface area contributed by atoms with E-state index in [1.54, 1.807) is 6.07 Å². The molecule has 1 aromatic carbocycles. The van der Waals surface area contributed by atoms with Gasteiger partial charge in [-0.3, -0.25) is 9.59 Å². The maximum Gasteiger partial charge on any atom is 0.269 e. The lowest BCUT2D eigenvalue weighted by Gasteiger charge is -2.05. The minimum absolute atomic E-state index is 0.152. The third-order valence-corrected chi connectivity index (χ3v) is 5.07. The molecule has 0 unspecified atom stereocenters. The summed E-state index contributed by atoms with van der Waals surface area (Å²) in [5, 5.41) is 5.06. The van der Waals surface area contributed by atoms with Gasteiger partial charge in [0.15, 0.2) is 5.16 Å². The minimum atomic E-state index is -0.171. The summed E-state index contributed by atoms with van der Waals surface area (Å²) in [7, 11) is 0. The van der Waals surface area contributed by atoms with Gasteiger partial charge in [-0.05, 0) is 35.7 Å². The predicted molar refractivity (Wildman–Crippen MR) is 93.7 cm³/mol. The molecule has 0 aliphatic rings. The zero-order valence-electron chi connectivity index (χ0n) is 11.1. The monoisotopic (exact) mass is 395 g/mol. The van der Waals surface area contributed by atoms with Crippen LogP contribution in [0.2, 0.25) is 0 Å². The molecule has 0 radical (unpaired) electrons. The van der Waals surface area contributed by atoms with Gasteiger partial charge in [0.2, 0.25) is 5.91 Å². The van der Waals surface area contributed by atoms with E-state index >= 15 is 0 Å². The number of halogens is 1. The van der Waals surface area contributed by atoms with Crippen molar-refractivity contribution in [1.29, 1.82) is 0 Å². The van der Waals surface area contributed by atoms with Gasteiger partial charge in [0.1, 0.15) is 4.70 Å². The van der Waals surface area contributed by atoms with Gasteiger partial charge < -0.3 is 10.3 Å². The maximum absolute atomic E-state index is 11.9. The first-order chi connectivity index (χ1) is 10.6. The average molecular weight is 396 g/mol. The average Bonchev–Trinajstić information content (AvgIpc) is 2.97. The normalized spacial score (nSPS) is 10.8. The molecule has 0 atom stereocenters. The van der Waals surface area contributed by atoms with Gasteiger partial charge >= 0.3 is 0 Å². The Hall–Kier alpha value is -1.64. The largest absolute Gasteiger partial charge is 0.325 e. The van der Waals surface area contributed by atoms with Crippen LogP contribution in [0.3, 0.4) is 0 Å². The van der Waals surface area contributed by atoms with E-state index in [2.05, 4.69) is 31.2 Å². The zero-order valence-corrected chi connectivity index (χ0v) is 14.3. The number of carbonyl (C=O) groups excluding carboxylic acids is 1. The van der Waals surface area contributed by atoms with Crippen molar-refractivity contribution in [1.82, 2.24) is 9.97 Å². The SMILES string of the molecule is O=C(CSc1nc2ccsc2c(=O)[nH]1)Nc1ccc(Br)cc1. The Kier molecular flexibility index (Phi) is 4.60. The number of aromatic amines is 1. The molecule has 2 aromatic heterocycles. The first-order valence-electron chi connectivity index (χ1n) is 6.27. The van der Waals surface area contributed by atoms with Gasteiger partial charge in [0.05, 0.1) is 11.3 Å². The van der Waals surface area contributed by atoms with Crippen molar-refractivity contribution in [3.05, 3.63) is 50.5 Å². The van der Waals surface area contributed by atoms with E-state index < -0.39 is 0 Å². The zero-order chi connectivity index (χ0) is 15.5. The molecular weight excluding hydrogens is 386 g/mol. The van der Waals surface area contributed by atoms with E-state index in [1.165, 1.54) is 23.1 Å². The molecule has 8 heteroatoms. The topological polar surface area (TPSA) is 74.8 Å². The molecule has 3 aromatic rings. The summed E-state index contributed by atoms with van der Waals surface area (Å²) < 4.78 is 1.55. The number of fused-ring (bicyclic) bond motifs is 1. The lowest BCUT2D eigenvalue weighted by atomic mass is 10.3. The van der Waals surface area contributed by atoms with Gasteiger partial charge in [0.25, 0.3) is 5.56 Å². The van der Waals surface area contributed by atoms with Crippen molar-refractivity contribution in [3.63, 3.8) is 0 Å². The first kappa shape index (κ1) is 15.3. The second kappa shape index (κ2) is 6.64. The molecule has 2 heterocycles. The molecule has 5 nitrogen and oxygen atoms in total. The Labute approximate surface area is 142 Å². The molecule has 0 saturated heterocycles. The van der Waals surface area contributed by atoms with Crippen molar-refractivity contribution in [2.24, 2.45) is 0 Å². The molecule has 112 valence electrons. The number of nitrogens with one attached hydrogen (secondary N) is 2. The third-order valence-electron chi connectivity index (χ3n) is 2.76. The molecular formula is C14H10BrN3O2S2. The molecule has 2 N–H and O–H groups in total. The number of anilines is 1. The highest BCUT2D eigenvalue weighted by molar-refractivity contribution is 9.10. The molecule has 0 saturated carbocycles. The van der Waals surface area contributed by atoms with Crippen LogP contribution >= 0.6 is 39.0 Å². The van der Waals surface area contributed by atoms with E-state index in [-0.39, 0.29) is 17.2 Å². The Morgan fingerprint density at radius 1 is 1.32 bits per heavy atom. The van der Waals surface area contributed by atoms with Crippen LogP contribution in [0, 0.1) is 0 Å². The number of aromatic nitrogens is 2. The lowest BCUT2D eigenvalue weighted by molar-refractivity contribution is -0.113. The second-order valence-electron chi connectivity index (χ2n) is 4.35. The summed E-state index contributed by atoms with van der Waals surface area (Å²) in [5.74, 6) is 0.0228. The first-order valence-corrected chi connectivity index (χ1v) is 8.93. The highest BCUT2D eigenvalue weighted by atomic mass is 79.9. The highest BCUT2D eigenvalue weighted by Gasteiger charge is 2.08. The number of H-pyrrole nitrogens is 1. The van der Waals surface area contributed by atoms with Crippen LogP contribution in [0.5, 0.6) is 0 Å². The van der Waals surface area contributed by atoms with Crippen LogP contribution in [0.15, 0.2) is 50.1 Å². The number of benzene rings is 1.